The summed E-state index contributed by atoms with van der Waals surface area (Å²) < 4.78 is 5.34. The number of piperidine rings is 1. The Kier molecular flexibility index (Phi) is 5.56. The van der Waals surface area contributed by atoms with Crippen LogP contribution in [0.25, 0.3) is 0 Å². The Bertz CT molecular complexity index is 440. The van der Waals surface area contributed by atoms with Crippen molar-refractivity contribution in [1.29, 1.82) is 0 Å². The van der Waals surface area contributed by atoms with Crippen molar-refractivity contribution in [3.8, 4) is 0 Å². The molecule has 1 aromatic rings. The number of para-hydroxylation sites is 1. The van der Waals surface area contributed by atoms with Crippen LogP contribution < -0.4 is 5.32 Å². The molecule has 1 aromatic carbocycles. The molecule has 1 aliphatic rings. The van der Waals surface area contributed by atoms with Gasteiger partial charge >= 0.3 is 0 Å². The van der Waals surface area contributed by atoms with Crippen molar-refractivity contribution in [3.05, 3.63) is 29.8 Å². The monoisotopic (exact) mass is 276 g/mol. The largest absolute Gasteiger partial charge is 0.381 e. The molecule has 4 heteroatoms. The van der Waals surface area contributed by atoms with Gasteiger partial charge in [0.25, 0.3) is 0 Å². The van der Waals surface area contributed by atoms with Gasteiger partial charge in [0.15, 0.2) is 0 Å². The second-order valence-electron chi connectivity index (χ2n) is 5.27. The number of nitrogens with one attached hydrogen (secondary N) is 1. The van der Waals surface area contributed by atoms with Crippen LogP contribution >= 0.6 is 0 Å². The van der Waals surface area contributed by atoms with E-state index in [1.807, 2.05) is 18.2 Å². The van der Waals surface area contributed by atoms with Gasteiger partial charge in [0.2, 0.25) is 5.91 Å². The van der Waals surface area contributed by atoms with E-state index in [1.165, 1.54) is 5.56 Å². The Labute approximate surface area is 121 Å². The minimum Gasteiger partial charge on any atom is -0.381 e. The third kappa shape index (κ3) is 4.05. The van der Waals surface area contributed by atoms with E-state index in [0.717, 1.165) is 38.0 Å². The lowest BCUT2D eigenvalue weighted by Crippen LogP contribution is -2.41. The summed E-state index contributed by atoms with van der Waals surface area (Å²) >= 11 is 0. The average Bonchev–Trinajstić information content (AvgIpc) is 2.48. The SMILES string of the molecule is CCc1ccccc1NC(=O)CN1CCC(OC)CC1. The molecular weight excluding hydrogens is 252 g/mol. The molecule has 0 aromatic heterocycles. The maximum atomic E-state index is 12.1. The van der Waals surface area contributed by atoms with Crippen LogP contribution in [-0.2, 0) is 16.0 Å². The first-order valence-electron chi connectivity index (χ1n) is 7.35. The first-order chi connectivity index (χ1) is 9.72. The van der Waals surface area contributed by atoms with Crippen LogP contribution in [0, 0.1) is 0 Å². The van der Waals surface area contributed by atoms with Gasteiger partial charge in [-0.05, 0) is 30.9 Å². The Morgan fingerprint density at radius 3 is 2.70 bits per heavy atom. The van der Waals surface area contributed by atoms with Gasteiger partial charge in [0.1, 0.15) is 0 Å². The van der Waals surface area contributed by atoms with Crippen molar-refractivity contribution < 1.29 is 9.53 Å². The number of nitrogens with zero attached hydrogens (tertiary/aromatic N) is 1. The van der Waals surface area contributed by atoms with E-state index in [9.17, 15) is 4.79 Å². The lowest BCUT2D eigenvalue weighted by molar-refractivity contribution is -0.117. The van der Waals surface area contributed by atoms with E-state index < -0.39 is 0 Å². The van der Waals surface area contributed by atoms with Gasteiger partial charge in [0.05, 0.1) is 12.6 Å². The Balaban J connectivity index is 1.84. The first kappa shape index (κ1) is 15.0. The second-order valence-corrected chi connectivity index (χ2v) is 5.27. The van der Waals surface area contributed by atoms with Gasteiger partial charge in [-0.2, -0.15) is 0 Å². The molecule has 110 valence electrons. The maximum absolute atomic E-state index is 12.1. The Morgan fingerprint density at radius 1 is 1.35 bits per heavy atom. The maximum Gasteiger partial charge on any atom is 0.238 e. The van der Waals surface area contributed by atoms with Crippen LogP contribution in [-0.4, -0.2) is 43.7 Å². The number of hydrogen-bond donors (Lipinski definition) is 1. The highest BCUT2D eigenvalue weighted by Crippen LogP contribution is 2.16. The molecular formula is C16H24N2O2. The molecule has 1 fully saturated rings. The van der Waals surface area contributed by atoms with Gasteiger partial charge in [0, 0.05) is 25.9 Å². The van der Waals surface area contributed by atoms with Crippen LogP contribution in [0.15, 0.2) is 24.3 Å². The summed E-state index contributed by atoms with van der Waals surface area (Å²) in [5, 5.41) is 3.02. The summed E-state index contributed by atoms with van der Waals surface area (Å²) in [7, 11) is 1.76. The number of carbonyl (C=O) groups is 1. The third-order valence-corrected chi connectivity index (χ3v) is 3.91. The van der Waals surface area contributed by atoms with Gasteiger partial charge < -0.3 is 10.1 Å². The van der Waals surface area contributed by atoms with Gasteiger partial charge in [-0.25, -0.2) is 0 Å². The molecule has 1 amide bonds. The van der Waals surface area contributed by atoms with Crippen LogP contribution in [0.5, 0.6) is 0 Å². The molecule has 1 saturated heterocycles. The summed E-state index contributed by atoms with van der Waals surface area (Å²) in [6.45, 7) is 4.43. The van der Waals surface area contributed by atoms with Crippen LogP contribution in [0.2, 0.25) is 0 Å². The molecule has 0 bridgehead atoms. The van der Waals surface area contributed by atoms with E-state index in [2.05, 4.69) is 23.2 Å². The highest BCUT2D eigenvalue weighted by Gasteiger charge is 2.20. The van der Waals surface area contributed by atoms with E-state index >= 15 is 0 Å². The molecule has 1 aliphatic heterocycles. The van der Waals surface area contributed by atoms with Gasteiger partial charge in [-0.3, -0.25) is 9.69 Å². The quantitative estimate of drug-likeness (QED) is 0.897. The topological polar surface area (TPSA) is 41.6 Å². The lowest BCUT2D eigenvalue weighted by atomic mass is 10.1. The van der Waals surface area contributed by atoms with Crippen LogP contribution in [0.4, 0.5) is 5.69 Å². The smallest absolute Gasteiger partial charge is 0.238 e. The minimum atomic E-state index is 0.0711. The minimum absolute atomic E-state index is 0.0711. The van der Waals surface area contributed by atoms with Crippen molar-refractivity contribution >= 4 is 11.6 Å². The number of aryl methyl sites for hydroxylation is 1. The standard InChI is InChI=1S/C16H24N2O2/c1-3-13-6-4-5-7-15(13)17-16(19)12-18-10-8-14(20-2)9-11-18/h4-7,14H,3,8-12H2,1-2H3,(H,17,19). The number of likely N-dealkylation sites (tertiary alicyclic amines) is 1. The number of amides is 1. The highest BCUT2D eigenvalue weighted by molar-refractivity contribution is 5.93. The zero-order valence-corrected chi connectivity index (χ0v) is 12.4. The number of benzene rings is 1. The highest BCUT2D eigenvalue weighted by atomic mass is 16.5. The molecule has 0 radical (unpaired) electrons. The zero-order chi connectivity index (χ0) is 14.4. The Hall–Kier alpha value is -1.39. The average molecular weight is 276 g/mol. The molecule has 0 aliphatic carbocycles. The van der Waals surface area contributed by atoms with Crippen molar-refractivity contribution in [3.63, 3.8) is 0 Å². The molecule has 0 atom stereocenters. The number of methoxy groups -OCH3 is 1. The van der Waals surface area contributed by atoms with E-state index in [4.69, 9.17) is 4.74 Å². The molecule has 1 heterocycles. The fourth-order valence-corrected chi connectivity index (χ4v) is 2.65. The number of anilines is 1. The van der Waals surface area contributed by atoms with Gasteiger partial charge in [-0.15, -0.1) is 0 Å². The zero-order valence-electron chi connectivity index (χ0n) is 12.4. The first-order valence-corrected chi connectivity index (χ1v) is 7.35. The fourth-order valence-electron chi connectivity index (χ4n) is 2.65. The summed E-state index contributed by atoms with van der Waals surface area (Å²) in [5.74, 6) is 0.0711. The molecule has 20 heavy (non-hydrogen) atoms. The molecule has 2 rings (SSSR count). The molecule has 4 nitrogen and oxygen atoms in total. The van der Waals surface area contributed by atoms with Crippen LogP contribution in [0.3, 0.4) is 0 Å². The molecule has 1 N–H and O–H groups in total. The van der Waals surface area contributed by atoms with E-state index in [1.54, 1.807) is 7.11 Å². The van der Waals surface area contributed by atoms with E-state index in [-0.39, 0.29) is 5.91 Å². The summed E-state index contributed by atoms with van der Waals surface area (Å²) in [6, 6.07) is 7.98. The molecule has 0 saturated carbocycles. The number of rotatable bonds is 5. The summed E-state index contributed by atoms with van der Waals surface area (Å²) in [5.41, 5.74) is 2.12. The molecule has 0 spiro atoms. The van der Waals surface area contributed by atoms with Crippen molar-refractivity contribution in [1.82, 2.24) is 4.90 Å². The summed E-state index contributed by atoms with van der Waals surface area (Å²) in [6.07, 6.45) is 3.30. The van der Waals surface area contributed by atoms with Crippen LogP contribution in [0.1, 0.15) is 25.3 Å². The third-order valence-electron chi connectivity index (χ3n) is 3.91. The molecule has 0 unspecified atom stereocenters. The summed E-state index contributed by atoms with van der Waals surface area (Å²) in [4.78, 5) is 14.3. The number of hydrogen-bond acceptors (Lipinski definition) is 3. The predicted octanol–water partition coefficient (Wildman–Crippen LogP) is 2.30. The number of carbonyl (C=O) groups excluding carboxylic acids is 1. The van der Waals surface area contributed by atoms with E-state index in [0.29, 0.717) is 12.6 Å². The van der Waals surface area contributed by atoms with Crippen molar-refractivity contribution in [2.45, 2.75) is 32.3 Å². The van der Waals surface area contributed by atoms with Crippen molar-refractivity contribution in [2.75, 3.05) is 32.1 Å². The number of ether oxygens (including phenoxy) is 1. The lowest BCUT2D eigenvalue weighted by Gasteiger charge is -2.30. The Morgan fingerprint density at radius 2 is 2.05 bits per heavy atom. The fraction of sp³-hybridized carbons (Fsp3) is 0.562. The normalized spacial score (nSPS) is 17.1. The second kappa shape index (κ2) is 7.41. The predicted molar refractivity (Wildman–Crippen MR) is 80.9 cm³/mol. The van der Waals surface area contributed by atoms with Crippen molar-refractivity contribution in [2.24, 2.45) is 0 Å². The van der Waals surface area contributed by atoms with Gasteiger partial charge in [-0.1, -0.05) is 25.1 Å².